The van der Waals surface area contributed by atoms with E-state index < -0.39 is 0 Å². The number of aliphatic hydroxyl groups excluding tert-OH is 1. The van der Waals surface area contributed by atoms with Crippen molar-refractivity contribution in [1.29, 1.82) is 0 Å². The predicted octanol–water partition coefficient (Wildman–Crippen LogP) is 1.17. The lowest BCUT2D eigenvalue weighted by atomic mass is 10.2. The van der Waals surface area contributed by atoms with Gasteiger partial charge in [-0.1, -0.05) is 6.92 Å². The van der Waals surface area contributed by atoms with Crippen LogP contribution in [0.25, 0.3) is 0 Å². The van der Waals surface area contributed by atoms with Gasteiger partial charge in [0.1, 0.15) is 12.2 Å². The molecule has 1 rings (SSSR count). The number of nitrogens with zero attached hydrogens (tertiary/aromatic N) is 3. The molecular formula is C9H17N3O. The molecule has 0 amide bonds. The molecule has 13 heavy (non-hydrogen) atoms. The molecule has 1 aromatic rings. The third kappa shape index (κ3) is 2.52. The first-order valence-corrected chi connectivity index (χ1v) is 4.71. The van der Waals surface area contributed by atoms with Crippen molar-refractivity contribution in [3.8, 4) is 0 Å². The lowest BCUT2D eigenvalue weighted by molar-refractivity contribution is 0.166. The molecule has 0 aliphatic carbocycles. The van der Waals surface area contributed by atoms with Gasteiger partial charge in [-0.05, 0) is 20.3 Å². The van der Waals surface area contributed by atoms with E-state index in [2.05, 4.69) is 23.9 Å². The summed E-state index contributed by atoms with van der Waals surface area (Å²) in [5.41, 5.74) is 0. The zero-order valence-electron chi connectivity index (χ0n) is 8.44. The van der Waals surface area contributed by atoms with Gasteiger partial charge in [-0.3, -0.25) is 0 Å². The molecule has 0 saturated heterocycles. The molecule has 1 atom stereocenters. The Hall–Kier alpha value is -0.900. The van der Waals surface area contributed by atoms with Crippen LogP contribution in [0.2, 0.25) is 0 Å². The molecule has 1 heterocycles. The van der Waals surface area contributed by atoms with Crippen molar-refractivity contribution in [2.24, 2.45) is 0 Å². The van der Waals surface area contributed by atoms with Crippen LogP contribution in [-0.4, -0.2) is 26.0 Å². The molecule has 0 spiro atoms. The topological polar surface area (TPSA) is 50.9 Å². The maximum Gasteiger partial charge on any atom is 0.138 e. The van der Waals surface area contributed by atoms with E-state index in [4.69, 9.17) is 0 Å². The van der Waals surface area contributed by atoms with E-state index in [1.54, 1.807) is 0 Å². The van der Waals surface area contributed by atoms with Crippen molar-refractivity contribution in [1.82, 2.24) is 14.8 Å². The minimum Gasteiger partial charge on any atom is -0.393 e. The average Bonchev–Trinajstić information content (AvgIpc) is 2.52. The first kappa shape index (κ1) is 10.2. The highest BCUT2D eigenvalue weighted by Crippen LogP contribution is 2.08. The van der Waals surface area contributed by atoms with Gasteiger partial charge in [0.15, 0.2) is 0 Å². The Bertz CT molecular complexity index is 257. The lowest BCUT2D eigenvalue weighted by Crippen LogP contribution is -2.15. The smallest absolute Gasteiger partial charge is 0.138 e. The molecule has 1 unspecified atom stereocenters. The van der Waals surface area contributed by atoms with Crippen LogP contribution in [0.15, 0.2) is 6.33 Å². The van der Waals surface area contributed by atoms with Gasteiger partial charge in [0.2, 0.25) is 0 Å². The van der Waals surface area contributed by atoms with Crippen LogP contribution in [0, 0.1) is 0 Å². The first-order valence-electron chi connectivity index (χ1n) is 4.71. The van der Waals surface area contributed by atoms with Gasteiger partial charge in [0.25, 0.3) is 0 Å². The zero-order chi connectivity index (χ0) is 9.84. The van der Waals surface area contributed by atoms with Crippen molar-refractivity contribution in [2.75, 3.05) is 0 Å². The summed E-state index contributed by atoms with van der Waals surface area (Å²) in [7, 11) is 0. The summed E-state index contributed by atoms with van der Waals surface area (Å²) in [4.78, 5) is 4.12. The van der Waals surface area contributed by atoms with Crippen LogP contribution in [0.3, 0.4) is 0 Å². The SMILES string of the molecule is CCC(O)Cc1ncnn1C(C)C. The average molecular weight is 183 g/mol. The molecule has 0 aliphatic rings. The minimum atomic E-state index is -0.304. The summed E-state index contributed by atoms with van der Waals surface area (Å²) in [6.07, 6.45) is 2.58. The summed E-state index contributed by atoms with van der Waals surface area (Å²) >= 11 is 0. The van der Waals surface area contributed by atoms with E-state index in [-0.39, 0.29) is 6.10 Å². The summed E-state index contributed by atoms with van der Waals surface area (Å²) in [5.74, 6) is 0.865. The third-order valence-corrected chi connectivity index (χ3v) is 2.03. The second-order valence-corrected chi connectivity index (χ2v) is 3.48. The van der Waals surface area contributed by atoms with Crippen LogP contribution >= 0.6 is 0 Å². The minimum absolute atomic E-state index is 0.304. The molecule has 74 valence electrons. The Kier molecular flexibility index (Phi) is 3.42. The van der Waals surface area contributed by atoms with Crippen LogP contribution in [0.1, 0.15) is 39.1 Å². The van der Waals surface area contributed by atoms with Crippen molar-refractivity contribution >= 4 is 0 Å². The van der Waals surface area contributed by atoms with Gasteiger partial charge in [-0.15, -0.1) is 0 Å². The summed E-state index contributed by atoms with van der Waals surface area (Å²) < 4.78 is 1.85. The zero-order valence-corrected chi connectivity index (χ0v) is 8.44. The quantitative estimate of drug-likeness (QED) is 0.762. The van der Waals surface area contributed by atoms with Gasteiger partial charge in [-0.25, -0.2) is 9.67 Å². The molecular weight excluding hydrogens is 166 g/mol. The van der Waals surface area contributed by atoms with E-state index in [0.717, 1.165) is 12.2 Å². The van der Waals surface area contributed by atoms with E-state index in [1.807, 2.05) is 11.6 Å². The van der Waals surface area contributed by atoms with Crippen LogP contribution in [0.5, 0.6) is 0 Å². The highest BCUT2D eigenvalue weighted by Gasteiger charge is 2.11. The van der Waals surface area contributed by atoms with E-state index in [0.29, 0.717) is 12.5 Å². The normalized spacial score (nSPS) is 13.6. The lowest BCUT2D eigenvalue weighted by Gasteiger charge is -2.11. The maximum absolute atomic E-state index is 9.45. The fourth-order valence-electron chi connectivity index (χ4n) is 1.21. The van der Waals surface area contributed by atoms with Gasteiger partial charge in [0, 0.05) is 12.5 Å². The molecule has 0 bridgehead atoms. The first-order chi connectivity index (χ1) is 6.15. The second-order valence-electron chi connectivity index (χ2n) is 3.48. The Morgan fingerprint density at radius 1 is 1.54 bits per heavy atom. The molecule has 1 aromatic heterocycles. The van der Waals surface area contributed by atoms with Crippen molar-refractivity contribution in [2.45, 2.75) is 45.8 Å². The highest BCUT2D eigenvalue weighted by atomic mass is 16.3. The largest absolute Gasteiger partial charge is 0.393 e. The van der Waals surface area contributed by atoms with E-state index in [1.165, 1.54) is 6.33 Å². The Morgan fingerprint density at radius 3 is 2.77 bits per heavy atom. The molecule has 1 N–H and O–H groups in total. The Morgan fingerprint density at radius 2 is 2.23 bits per heavy atom. The molecule has 4 heteroatoms. The standard InChI is InChI=1S/C9H17N3O/c1-4-8(13)5-9-10-6-11-12(9)7(2)3/h6-8,13H,4-5H2,1-3H3. The number of aliphatic hydroxyl groups is 1. The predicted molar refractivity (Wildman–Crippen MR) is 50.4 cm³/mol. The highest BCUT2D eigenvalue weighted by molar-refractivity contribution is 4.88. The molecule has 0 saturated carbocycles. The second kappa shape index (κ2) is 4.37. The van der Waals surface area contributed by atoms with Crippen LogP contribution in [0.4, 0.5) is 0 Å². The van der Waals surface area contributed by atoms with E-state index >= 15 is 0 Å². The molecule has 0 aromatic carbocycles. The molecule has 0 fully saturated rings. The van der Waals surface area contributed by atoms with Gasteiger partial charge in [-0.2, -0.15) is 5.10 Å². The number of hydrogen-bond acceptors (Lipinski definition) is 3. The van der Waals surface area contributed by atoms with Crippen LogP contribution < -0.4 is 0 Å². The number of rotatable bonds is 4. The number of hydrogen-bond donors (Lipinski definition) is 1. The summed E-state index contributed by atoms with van der Waals surface area (Å²) in [6.45, 7) is 6.06. The van der Waals surface area contributed by atoms with Gasteiger partial charge < -0.3 is 5.11 Å². The maximum atomic E-state index is 9.45. The molecule has 0 radical (unpaired) electrons. The third-order valence-electron chi connectivity index (χ3n) is 2.03. The van der Waals surface area contributed by atoms with E-state index in [9.17, 15) is 5.11 Å². The molecule has 4 nitrogen and oxygen atoms in total. The molecule has 0 aliphatic heterocycles. The van der Waals surface area contributed by atoms with Gasteiger partial charge in [0.05, 0.1) is 6.10 Å². The Labute approximate surface area is 78.6 Å². The number of aromatic nitrogens is 3. The summed E-state index contributed by atoms with van der Waals surface area (Å²) in [6, 6.07) is 0.307. The van der Waals surface area contributed by atoms with Crippen molar-refractivity contribution in [3.63, 3.8) is 0 Å². The van der Waals surface area contributed by atoms with Crippen LogP contribution in [-0.2, 0) is 6.42 Å². The summed E-state index contributed by atoms with van der Waals surface area (Å²) in [5, 5.41) is 13.6. The Balaban J connectivity index is 2.70. The fourth-order valence-corrected chi connectivity index (χ4v) is 1.21. The van der Waals surface area contributed by atoms with Crippen molar-refractivity contribution < 1.29 is 5.11 Å². The fraction of sp³-hybridized carbons (Fsp3) is 0.778. The monoisotopic (exact) mass is 183 g/mol. The van der Waals surface area contributed by atoms with Crippen molar-refractivity contribution in [3.05, 3.63) is 12.2 Å². The van der Waals surface area contributed by atoms with Gasteiger partial charge >= 0.3 is 0 Å².